The minimum atomic E-state index is -0.110. The van der Waals surface area contributed by atoms with Crippen LogP contribution in [-0.4, -0.2) is 15.1 Å². The molecule has 2 aromatic rings. The van der Waals surface area contributed by atoms with E-state index in [9.17, 15) is 0 Å². The van der Waals surface area contributed by atoms with Gasteiger partial charge in [-0.3, -0.25) is 0 Å². The maximum absolute atomic E-state index is 5.65. The van der Waals surface area contributed by atoms with Crippen molar-refractivity contribution >= 4 is 28.2 Å². The van der Waals surface area contributed by atoms with Gasteiger partial charge in [0.15, 0.2) is 11.0 Å². The zero-order valence-corrected chi connectivity index (χ0v) is 12.5. The van der Waals surface area contributed by atoms with Crippen molar-refractivity contribution < 1.29 is 4.52 Å². The molecule has 0 amide bonds. The van der Waals surface area contributed by atoms with Gasteiger partial charge in [-0.2, -0.15) is 4.98 Å². The Bertz CT molecular complexity index is 541. The van der Waals surface area contributed by atoms with E-state index in [1.54, 1.807) is 11.8 Å². The number of thioether (sulfide) groups is 1. The minimum Gasteiger partial charge on any atom is -0.375 e. The van der Waals surface area contributed by atoms with Gasteiger partial charge in [-0.25, -0.2) is 4.98 Å². The average Bonchev–Trinajstić information content (AvgIpc) is 2.81. The molecule has 7 heteroatoms. The second-order valence-corrected chi connectivity index (χ2v) is 7.25. The van der Waals surface area contributed by atoms with Crippen LogP contribution < -0.4 is 5.73 Å². The number of hydrogen-bond donors (Lipinski definition) is 1. The van der Waals surface area contributed by atoms with Gasteiger partial charge in [0, 0.05) is 5.41 Å². The van der Waals surface area contributed by atoms with E-state index in [2.05, 4.69) is 15.1 Å². The third-order valence-electron chi connectivity index (χ3n) is 2.21. The third kappa shape index (κ3) is 3.02. The van der Waals surface area contributed by atoms with Crippen LogP contribution in [-0.2, 0) is 11.2 Å². The normalized spacial score (nSPS) is 12.0. The number of anilines is 1. The molecule has 98 valence electrons. The zero-order chi connectivity index (χ0) is 13.3. The monoisotopic (exact) mass is 284 g/mol. The Morgan fingerprint density at radius 1 is 1.33 bits per heavy atom. The van der Waals surface area contributed by atoms with Crippen molar-refractivity contribution in [3.05, 3.63) is 17.4 Å². The molecular formula is C11H16N4OS2. The van der Waals surface area contributed by atoms with Crippen molar-refractivity contribution in [3.63, 3.8) is 0 Å². The fourth-order valence-corrected chi connectivity index (χ4v) is 3.15. The quantitative estimate of drug-likeness (QED) is 0.873. The topological polar surface area (TPSA) is 77.8 Å². The highest BCUT2D eigenvalue weighted by molar-refractivity contribution is 8.00. The lowest BCUT2D eigenvalue weighted by Crippen LogP contribution is -2.11. The van der Waals surface area contributed by atoms with Crippen LogP contribution in [0, 0.1) is 6.92 Å². The van der Waals surface area contributed by atoms with E-state index in [4.69, 9.17) is 10.3 Å². The number of nitrogens with zero attached hydrogens (tertiary/aromatic N) is 3. The van der Waals surface area contributed by atoms with Crippen LogP contribution in [0.2, 0.25) is 0 Å². The fraction of sp³-hybridized carbons (Fsp3) is 0.545. The number of aryl methyl sites for hydroxylation is 1. The van der Waals surface area contributed by atoms with Gasteiger partial charge in [0.1, 0.15) is 0 Å². The number of nitrogen functional groups attached to an aromatic ring is 1. The van der Waals surface area contributed by atoms with Gasteiger partial charge in [0.05, 0.1) is 15.7 Å². The second-order valence-electron chi connectivity index (χ2n) is 4.98. The molecule has 2 N–H and O–H groups in total. The largest absolute Gasteiger partial charge is 0.375 e. The van der Waals surface area contributed by atoms with E-state index < -0.39 is 0 Å². The highest BCUT2D eigenvalue weighted by Gasteiger charge is 2.21. The fourth-order valence-electron chi connectivity index (χ4n) is 1.28. The summed E-state index contributed by atoms with van der Waals surface area (Å²) in [5, 5.41) is 4.58. The van der Waals surface area contributed by atoms with Gasteiger partial charge >= 0.3 is 0 Å². The van der Waals surface area contributed by atoms with Gasteiger partial charge < -0.3 is 10.3 Å². The van der Waals surface area contributed by atoms with Gasteiger partial charge in [-0.05, 0) is 6.92 Å². The molecule has 0 fully saturated rings. The Labute approximate surface area is 114 Å². The van der Waals surface area contributed by atoms with E-state index >= 15 is 0 Å². The molecule has 0 aliphatic heterocycles. The number of thiazole rings is 1. The maximum Gasteiger partial charge on any atom is 0.232 e. The predicted molar refractivity (Wildman–Crippen MR) is 73.8 cm³/mol. The Kier molecular flexibility index (Phi) is 3.63. The first-order valence-electron chi connectivity index (χ1n) is 5.55. The van der Waals surface area contributed by atoms with Crippen LogP contribution in [0.15, 0.2) is 8.73 Å². The van der Waals surface area contributed by atoms with Crippen LogP contribution in [0.4, 0.5) is 5.13 Å². The van der Waals surface area contributed by atoms with Crippen molar-refractivity contribution in [1.82, 2.24) is 15.1 Å². The third-order valence-corrected chi connectivity index (χ3v) is 4.56. The lowest BCUT2D eigenvalue weighted by atomic mass is 9.97. The van der Waals surface area contributed by atoms with Gasteiger partial charge in [0.25, 0.3) is 0 Å². The van der Waals surface area contributed by atoms with Gasteiger partial charge in [-0.15, -0.1) is 11.8 Å². The lowest BCUT2D eigenvalue weighted by Gasteiger charge is -2.10. The summed E-state index contributed by atoms with van der Waals surface area (Å²) in [4.78, 5) is 8.57. The molecule has 0 spiro atoms. The smallest absolute Gasteiger partial charge is 0.232 e. The van der Waals surface area contributed by atoms with E-state index in [1.807, 2.05) is 27.7 Å². The molecule has 0 aromatic carbocycles. The highest BCUT2D eigenvalue weighted by atomic mass is 32.2. The van der Waals surface area contributed by atoms with Gasteiger partial charge in [0.2, 0.25) is 5.89 Å². The van der Waals surface area contributed by atoms with Crippen LogP contribution in [0.1, 0.15) is 38.2 Å². The minimum absolute atomic E-state index is 0.110. The van der Waals surface area contributed by atoms with E-state index in [-0.39, 0.29) is 5.41 Å². The molecule has 18 heavy (non-hydrogen) atoms. The SMILES string of the molecule is Cc1nc(N)sc1SCc1noc(C(C)(C)C)n1. The molecule has 2 rings (SSSR count). The number of aromatic nitrogens is 3. The Balaban J connectivity index is 2.03. The molecule has 0 aliphatic rings. The highest BCUT2D eigenvalue weighted by Crippen LogP contribution is 2.32. The molecule has 0 unspecified atom stereocenters. The standard InChI is InChI=1S/C11H16N4OS2/c1-6-8(18-10(12)13-6)17-5-7-14-9(16-15-7)11(2,3)4/h5H2,1-4H3,(H2,12,13). The Morgan fingerprint density at radius 2 is 2.06 bits per heavy atom. The van der Waals surface area contributed by atoms with Gasteiger partial charge in [-0.1, -0.05) is 37.3 Å². The maximum atomic E-state index is 5.65. The molecule has 0 bridgehead atoms. The summed E-state index contributed by atoms with van der Waals surface area (Å²) in [6.07, 6.45) is 0. The van der Waals surface area contributed by atoms with Crippen LogP contribution in [0.25, 0.3) is 0 Å². The molecule has 0 radical (unpaired) electrons. The summed E-state index contributed by atoms with van der Waals surface area (Å²) in [6.45, 7) is 8.09. The van der Waals surface area contributed by atoms with Crippen LogP contribution in [0.3, 0.4) is 0 Å². The average molecular weight is 284 g/mol. The lowest BCUT2D eigenvalue weighted by molar-refractivity contribution is 0.319. The first-order chi connectivity index (χ1) is 8.36. The second kappa shape index (κ2) is 4.89. The molecule has 0 saturated heterocycles. The summed E-state index contributed by atoms with van der Waals surface area (Å²) < 4.78 is 6.35. The molecule has 0 aliphatic carbocycles. The predicted octanol–water partition coefficient (Wildman–Crippen LogP) is 3.01. The van der Waals surface area contributed by atoms with Crippen LogP contribution in [0.5, 0.6) is 0 Å². The van der Waals surface area contributed by atoms with E-state index in [0.29, 0.717) is 22.6 Å². The molecule has 5 nitrogen and oxygen atoms in total. The summed E-state index contributed by atoms with van der Waals surface area (Å²) in [7, 11) is 0. The number of nitrogens with two attached hydrogens (primary N) is 1. The number of rotatable bonds is 3. The Hall–Kier alpha value is -1.08. The first-order valence-corrected chi connectivity index (χ1v) is 7.35. The molecule has 0 atom stereocenters. The van der Waals surface area contributed by atoms with Crippen molar-refractivity contribution in [1.29, 1.82) is 0 Å². The summed E-state index contributed by atoms with van der Waals surface area (Å²) in [6, 6.07) is 0. The Morgan fingerprint density at radius 3 is 2.56 bits per heavy atom. The molecule has 2 aromatic heterocycles. The molecule has 0 saturated carbocycles. The van der Waals surface area contributed by atoms with Crippen LogP contribution >= 0.6 is 23.1 Å². The zero-order valence-electron chi connectivity index (χ0n) is 10.9. The summed E-state index contributed by atoms with van der Waals surface area (Å²) >= 11 is 3.13. The van der Waals surface area contributed by atoms with E-state index in [1.165, 1.54) is 11.3 Å². The molecular weight excluding hydrogens is 268 g/mol. The summed E-state index contributed by atoms with van der Waals surface area (Å²) in [5.41, 5.74) is 6.50. The van der Waals surface area contributed by atoms with Crippen molar-refractivity contribution in [2.75, 3.05) is 5.73 Å². The molecule has 2 heterocycles. The number of hydrogen-bond acceptors (Lipinski definition) is 7. The van der Waals surface area contributed by atoms with Crippen molar-refractivity contribution in [3.8, 4) is 0 Å². The summed E-state index contributed by atoms with van der Waals surface area (Å²) in [5.74, 6) is 2.04. The van der Waals surface area contributed by atoms with Crippen molar-refractivity contribution in [2.45, 2.75) is 43.1 Å². The van der Waals surface area contributed by atoms with Crippen molar-refractivity contribution in [2.24, 2.45) is 0 Å². The first kappa shape index (κ1) is 13.4. The van der Waals surface area contributed by atoms with E-state index in [0.717, 1.165) is 9.90 Å².